The van der Waals surface area contributed by atoms with E-state index >= 15 is 0 Å². The number of aliphatic hydroxyl groups excluding tert-OH is 1. The fourth-order valence-corrected chi connectivity index (χ4v) is 1.58. The summed E-state index contributed by atoms with van der Waals surface area (Å²) < 4.78 is 13.4. The van der Waals surface area contributed by atoms with Crippen LogP contribution in [0.2, 0.25) is 0 Å². The summed E-state index contributed by atoms with van der Waals surface area (Å²) in [6.07, 6.45) is -0.735. The van der Waals surface area contributed by atoms with Gasteiger partial charge in [0.05, 0.1) is 27.1 Å². The summed E-state index contributed by atoms with van der Waals surface area (Å²) in [5.41, 5.74) is -0.995. The molecule has 1 aromatic rings. The molecule has 1 aromatic carbocycles. The van der Waals surface area contributed by atoms with Crippen molar-refractivity contribution in [1.82, 2.24) is 0 Å². The predicted octanol–water partition coefficient (Wildman–Crippen LogP) is 3.07. The van der Waals surface area contributed by atoms with Crippen molar-refractivity contribution in [2.45, 2.75) is 32.4 Å². The van der Waals surface area contributed by atoms with E-state index in [0.717, 1.165) is 6.07 Å². The molecule has 1 atom stereocenters. The van der Waals surface area contributed by atoms with Gasteiger partial charge in [-0.2, -0.15) is 0 Å². The Morgan fingerprint density at radius 2 is 2.11 bits per heavy atom. The van der Waals surface area contributed by atoms with E-state index in [9.17, 15) is 19.6 Å². The van der Waals surface area contributed by atoms with Gasteiger partial charge in [0.25, 0.3) is 5.69 Å². The molecule has 0 aliphatic rings. The normalized spacial score (nSPS) is 13.2. The molecule has 0 spiro atoms. The molecule has 0 aliphatic carbocycles. The molecule has 1 rings (SSSR count). The van der Waals surface area contributed by atoms with Crippen LogP contribution < -0.4 is 5.32 Å². The first-order valence-corrected chi connectivity index (χ1v) is 6.04. The molecule has 1 unspecified atom stereocenters. The van der Waals surface area contributed by atoms with Gasteiger partial charge in [0.15, 0.2) is 0 Å². The lowest BCUT2D eigenvalue weighted by Crippen LogP contribution is -2.42. The highest BCUT2D eigenvalue weighted by molar-refractivity contribution is 9.10. The van der Waals surface area contributed by atoms with Crippen molar-refractivity contribution in [2.24, 2.45) is 0 Å². The standard InChI is InChI=1S/C11H14BrFN2O3/c1-6(16)11(2,3)14-9-4-7(12)8(13)5-10(9)15(17)18/h4-6,14,16H,1-3H3. The third-order valence-electron chi connectivity index (χ3n) is 2.74. The zero-order chi connectivity index (χ0) is 14.1. The zero-order valence-corrected chi connectivity index (χ0v) is 11.8. The van der Waals surface area contributed by atoms with Crippen molar-refractivity contribution in [3.63, 3.8) is 0 Å². The lowest BCUT2D eigenvalue weighted by Gasteiger charge is -2.30. The van der Waals surface area contributed by atoms with Crippen LogP contribution in [0.4, 0.5) is 15.8 Å². The van der Waals surface area contributed by atoms with Crippen LogP contribution in [0.5, 0.6) is 0 Å². The third kappa shape index (κ3) is 3.17. The lowest BCUT2D eigenvalue weighted by molar-refractivity contribution is -0.384. The Hall–Kier alpha value is -1.21. The Bertz CT molecular complexity index is 478. The molecule has 100 valence electrons. The number of anilines is 1. The Morgan fingerprint density at radius 1 is 1.56 bits per heavy atom. The topological polar surface area (TPSA) is 75.4 Å². The number of nitro groups is 1. The van der Waals surface area contributed by atoms with E-state index in [0.29, 0.717) is 0 Å². The van der Waals surface area contributed by atoms with E-state index in [1.54, 1.807) is 20.8 Å². The van der Waals surface area contributed by atoms with Gasteiger partial charge in [0.1, 0.15) is 11.5 Å². The van der Waals surface area contributed by atoms with Gasteiger partial charge in [0, 0.05) is 0 Å². The number of hydrogen-bond acceptors (Lipinski definition) is 4. The monoisotopic (exact) mass is 320 g/mol. The Labute approximate surface area is 112 Å². The van der Waals surface area contributed by atoms with Gasteiger partial charge in [-0.1, -0.05) is 0 Å². The molecule has 0 amide bonds. The second-order valence-corrected chi connectivity index (χ2v) is 5.42. The molecule has 0 fully saturated rings. The first-order valence-electron chi connectivity index (χ1n) is 5.25. The highest BCUT2D eigenvalue weighted by Crippen LogP contribution is 2.32. The van der Waals surface area contributed by atoms with Crippen LogP contribution in [0.25, 0.3) is 0 Å². The highest BCUT2D eigenvalue weighted by atomic mass is 79.9. The van der Waals surface area contributed by atoms with E-state index in [4.69, 9.17) is 0 Å². The molecule has 18 heavy (non-hydrogen) atoms. The average Bonchev–Trinajstić information content (AvgIpc) is 2.22. The number of rotatable bonds is 4. The van der Waals surface area contributed by atoms with E-state index in [2.05, 4.69) is 21.2 Å². The van der Waals surface area contributed by atoms with E-state index in [1.165, 1.54) is 6.07 Å². The van der Waals surface area contributed by atoms with Crippen molar-refractivity contribution in [1.29, 1.82) is 0 Å². The second-order valence-electron chi connectivity index (χ2n) is 4.56. The summed E-state index contributed by atoms with van der Waals surface area (Å²) >= 11 is 2.97. The molecule has 0 heterocycles. The maximum absolute atomic E-state index is 13.3. The summed E-state index contributed by atoms with van der Waals surface area (Å²) in [5, 5.41) is 23.3. The molecule has 7 heteroatoms. The largest absolute Gasteiger partial charge is 0.391 e. The number of aliphatic hydroxyl groups is 1. The number of benzene rings is 1. The minimum atomic E-state index is -0.776. The van der Waals surface area contributed by atoms with Crippen LogP contribution in [0.3, 0.4) is 0 Å². The molecular formula is C11H14BrFN2O3. The molecule has 2 N–H and O–H groups in total. The van der Waals surface area contributed by atoms with Crippen molar-refractivity contribution in [3.05, 3.63) is 32.5 Å². The van der Waals surface area contributed by atoms with Gasteiger partial charge in [0.2, 0.25) is 0 Å². The van der Waals surface area contributed by atoms with E-state index in [-0.39, 0.29) is 15.8 Å². The average molecular weight is 321 g/mol. The number of nitro benzene ring substituents is 1. The molecule has 0 aromatic heterocycles. The number of halogens is 2. The predicted molar refractivity (Wildman–Crippen MR) is 70.1 cm³/mol. The summed E-state index contributed by atoms with van der Waals surface area (Å²) in [6.45, 7) is 4.95. The molecule has 5 nitrogen and oxygen atoms in total. The van der Waals surface area contributed by atoms with Gasteiger partial charge >= 0.3 is 0 Å². The third-order valence-corrected chi connectivity index (χ3v) is 3.34. The van der Waals surface area contributed by atoms with Crippen LogP contribution in [0.15, 0.2) is 16.6 Å². The first kappa shape index (κ1) is 14.8. The van der Waals surface area contributed by atoms with Crippen molar-refractivity contribution in [2.75, 3.05) is 5.32 Å². The lowest BCUT2D eigenvalue weighted by atomic mass is 9.98. The van der Waals surface area contributed by atoms with Gasteiger partial charge in [-0.15, -0.1) is 0 Å². The van der Waals surface area contributed by atoms with Crippen LogP contribution in [0.1, 0.15) is 20.8 Å². The summed E-state index contributed by atoms with van der Waals surface area (Å²) in [6, 6.07) is 2.13. The smallest absolute Gasteiger partial charge is 0.295 e. The zero-order valence-electron chi connectivity index (χ0n) is 10.2. The molecule has 0 aliphatic heterocycles. The van der Waals surface area contributed by atoms with Gasteiger partial charge in [-0.3, -0.25) is 10.1 Å². The van der Waals surface area contributed by atoms with Crippen LogP contribution in [-0.2, 0) is 0 Å². The fraction of sp³-hybridized carbons (Fsp3) is 0.455. The molecule has 0 saturated carbocycles. The molecular weight excluding hydrogens is 307 g/mol. The number of hydrogen-bond donors (Lipinski definition) is 2. The summed E-state index contributed by atoms with van der Waals surface area (Å²) in [7, 11) is 0. The molecule has 0 radical (unpaired) electrons. The number of nitrogens with zero attached hydrogens (tertiary/aromatic N) is 1. The van der Waals surface area contributed by atoms with Crippen molar-refractivity contribution in [3.8, 4) is 0 Å². The summed E-state index contributed by atoms with van der Waals surface area (Å²) in [4.78, 5) is 10.2. The highest BCUT2D eigenvalue weighted by Gasteiger charge is 2.28. The maximum Gasteiger partial charge on any atom is 0.295 e. The minimum Gasteiger partial charge on any atom is -0.391 e. The van der Waals surface area contributed by atoms with Crippen LogP contribution in [-0.4, -0.2) is 21.7 Å². The summed E-state index contributed by atoms with van der Waals surface area (Å²) in [5.74, 6) is -0.706. The van der Waals surface area contributed by atoms with Gasteiger partial charge < -0.3 is 10.4 Å². The quantitative estimate of drug-likeness (QED) is 0.660. The van der Waals surface area contributed by atoms with Gasteiger partial charge in [-0.05, 0) is 42.8 Å². The van der Waals surface area contributed by atoms with Crippen molar-refractivity contribution >= 4 is 27.3 Å². The first-order chi connectivity index (χ1) is 8.15. The minimum absolute atomic E-state index is 0.122. The van der Waals surface area contributed by atoms with Gasteiger partial charge in [-0.25, -0.2) is 4.39 Å². The van der Waals surface area contributed by atoms with Crippen molar-refractivity contribution < 1.29 is 14.4 Å². The Morgan fingerprint density at radius 3 is 2.56 bits per heavy atom. The Kier molecular flexibility index (Phi) is 4.28. The van der Waals surface area contributed by atoms with Crippen LogP contribution in [0, 0.1) is 15.9 Å². The Balaban J connectivity index is 3.23. The fourth-order valence-electron chi connectivity index (χ4n) is 1.24. The second kappa shape index (κ2) is 5.19. The molecule has 0 saturated heterocycles. The maximum atomic E-state index is 13.3. The van der Waals surface area contributed by atoms with E-state index in [1.807, 2.05) is 0 Å². The SMILES string of the molecule is CC(O)C(C)(C)Nc1cc(Br)c(F)cc1[N+](=O)[O-]. The van der Waals surface area contributed by atoms with E-state index < -0.39 is 22.4 Å². The molecule has 0 bridgehead atoms. The number of nitrogens with one attached hydrogen (secondary N) is 1. The van der Waals surface area contributed by atoms with Crippen LogP contribution >= 0.6 is 15.9 Å².